The van der Waals surface area contributed by atoms with Crippen LogP contribution in [0.1, 0.15) is 5.69 Å². The summed E-state index contributed by atoms with van der Waals surface area (Å²) in [6.07, 6.45) is 3.26. The second-order valence-corrected chi connectivity index (χ2v) is 4.15. The number of nitrogens with zero attached hydrogens (tertiary/aromatic N) is 4. The van der Waals surface area contributed by atoms with Crippen LogP contribution in [0.5, 0.6) is 0 Å². The third-order valence-corrected chi connectivity index (χ3v) is 3.14. The van der Waals surface area contributed by atoms with Crippen LogP contribution in [0.25, 0.3) is 5.69 Å². The summed E-state index contributed by atoms with van der Waals surface area (Å²) in [5.74, 6) is 0. The fraction of sp³-hybridized carbons (Fsp3) is 0. The fourth-order valence-electron chi connectivity index (χ4n) is 1.09. The van der Waals surface area contributed by atoms with E-state index in [0.717, 1.165) is 9.39 Å². The molecule has 4 nitrogen and oxygen atoms in total. The van der Waals surface area contributed by atoms with Crippen LogP contribution >= 0.6 is 34.2 Å². The third-order valence-electron chi connectivity index (χ3n) is 1.75. The van der Waals surface area contributed by atoms with Crippen molar-refractivity contribution < 1.29 is 0 Å². The van der Waals surface area contributed by atoms with Gasteiger partial charge in [0.15, 0.2) is 0 Å². The molecule has 0 saturated carbocycles. The maximum absolute atomic E-state index is 8.70. The second kappa shape index (κ2) is 4.16. The van der Waals surface area contributed by atoms with Crippen LogP contribution in [-0.2, 0) is 0 Å². The highest BCUT2D eigenvalue weighted by Gasteiger charge is 2.05. The molecule has 0 unspecified atom stereocenters. The van der Waals surface area contributed by atoms with Gasteiger partial charge in [-0.15, -0.1) is 0 Å². The van der Waals surface area contributed by atoms with E-state index in [0.29, 0.717) is 10.7 Å². The standard InChI is InChI=1S/C9H4ClIN4/c10-8-5-15(14-9(8)11)7-1-2-13-6(3-7)4-12/h1-3,5H. The molecule has 0 aliphatic carbocycles. The Kier molecular flexibility index (Phi) is 2.88. The molecular formula is C9H4ClIN4. The van der Waals surface area contributed by atoms with Crippen LogP contribution in [0.15, 0.2) is 24.5 Å². The number of rotatable bonds is 1. The molecule has 0 aromatic carbocycles. The smallest absolute Gasteiger partial charge is 0.142 e. The first-order valence-corrected chi connectivity index (χ1v) is 5.43. The topological polar surface area (TPSA) is 54.5 Å². The van der Waals surface area contributed by atoms with Crippen molar-refractivity contribution in [2.24, 2.45) is 0 Å². The van der Waals surface area contributed by atoms with E-state index >= 15 is 0 Å². The lowest BCUT2D eigenvalue weighted by atomic mass is 10.3. The van der Waals surface area contributed by atoms with Gasteiger partial charge in [-0.1, -0.05) is 11.6 Å². The molecule has 15 heavy (non-hydrogen) atoms. The van der Waals surface area contributed by atoms with Gasteiger partial charge in [-0.25, -0.2) is 9.67 Å². The monoisotopic (exact) mass is 330 g/mol. The maximum Gasteiger partial charge on any atom is 0.142 e. The summed E-state index contributed by atoms with van der Waals surface area (Å²) >= 11 is 7.93. The SMILES string of the molecule is N#Cc1cc(-n2cc(Cl)c(I)n2)ccn1. The number of pyridine rings is 1. The van der Waals surface area contributed by atoms with Crippen molar-refractivity contribution in [1.82, 2.24) is 14.8 Å². The van der Waals surface area contributed by atoms with Crippen LogP contribution in [0.4, 0.5) is 0 Å². The van der Waals surface area contributed by atoms with Gasteiger partial charge in [0.25, 0.3) is 0 Å². The Morgan fingerprint density at radius 3 is 2.93 bits per heavy atom. The first kappa shape index (κ1) is 10.4. The Morgan fingerprint density at radius 1 is 1.53 bits per heavy atom. The van der Waals surface area contributed by atoms with E-state index in [9.17, 15) is 0 Å². The lowest BCUT2D eigenvalue weighted by Gasteiger charge is -1.99. The molecule has 0 atom stereocenters. The van der Waals surface area contributed by atoms with E-state index in [1.807, 2.05) is 28.7 Å². The Labute approximate surface area is 105 Å². The van der Waals surface area contributed by atoms with Crippen molar-refractivity contribution in [2.75, 3.05) is 0 Å². The highest BCUT2D eigenvalue weighted by molar-refractivity contribution is 14.1. The van der Waals surface area contributed by atoms with Crippen molar-refractivity contribution in [2.45, 2.75) is 0 Å². The predicted octanol–water partition coefficient (Wildman–Crippen LogP) is 2.40. The second-order valence-electron chi connectivity index (χ2n) is 2.72. The molecule has 0 radical (unpaired) electrons. The zero-order valence-electron chi connectivity index (χ0n) is 7.35. The molecule has 0 spiro atoms. The summed E-state index contributed by atoms with van der Waals surface area (Å²) < 4.78 is 2.34. The molecule has 0 aliphatic rings. The van der Waals surface area contributed by atoms with E-state index in [1.54, 1.807) is 29.2 Å². The van der Waals surface area contributed by atoms with Crippen LogP contribution in [0.3, 0.4) is 0 Å². The van der Waals surface area contributed by atoms with Crippen LogP contribution in [0.2, 0.25) is 5.02 Å². The number of nitriles is 1. The predicted molar refractivity (Wildman–Crippen MR) is 63.8 cm³/mol. The van der Waals surface area contributed by atoms with E-state index in [4.69, 9.17) is 16.9 Å². The minimum atomic E-state index is 0.356. The van der Waals surface area contributed by atoms with Gasteiger partial charge >= 0.3 is 0 Å². The van der Waals surface area contributed by atoms with E-state index < -0.39 is 0 Å². The normalized spacial score (nSPS) is 9.93. The van der Waals surface area contributed by atoms with Crippen molar-refractivity contribution in [3.05, 3.63) is 38.9 Å². The Bertz CT molecular complexity index is 524. The van der Waals surface area contributed by atoms with Crippen LogP contribution < -0.4 is 0 Å². The number of halogens is 2. The molecular weight excluding hydrogens is 326 g/mol. The van der Waals surface area contributed by atoms with Gasteiger partial charge in [-0.3, -0.25) is 0 Å². The highest BCUT2D eigenvalue weighted by atomic mass is 127. The Balaban J connectivity index is 2.50. The number of hydrogen-bond acceptors (Lipinski definition) is 3. The van der Waals surface area contributed by atoms with Gasteiger partial charge in [0.1, 0.15) is 15.5 Å². The third kappa shape index (κ3) is 2.11. The average Bonchev–Trinajstić information content (AvgIpc) is 2.59. The molecule has 0 aliphatic heterocycles. The molecule has 74 valence electrons. The molecule has 6 heteroatoms. The van der Waals surface area contributed by atoms with E-state index in [1.165, 1.54) is 0 Å². The Hall–Kier alpha value is -1.13. The van der Waals surface area contributed by atoms with Crippen molar-refractivity contribution in [3.8, 4) is 11.8 Å². The first-order chi connectivity index (χ1) is 7.20. The van der Waals surface area contributed by atoms with Gasteiger partial charge in [-0.05, 0) is 28.7 Å². The summed E-state index contributed by atoms with van der Waals surface area (Å²) in [6, 6.07) is 5.39. The van der Waals surface area contributed by atoms with Crippen molar-refractivity contribution >= 4 is 34.2 Å². The quantitative estimate of drug-likeness (QED) is 0.755. The summed E-state index contributed by atoms with van der Waals surface area (Å²) in [5.41, 5.74) is 1.13. The highest BCUT2D eigenvalue weighted by Crippen LogP contribution is 2.18. The van der Waals surface area contributed by atoms with E-state index in [-0.39, 0.29) is 0 Å². The molecule has 2 aromatic heterocycles. The minimum Gasteiger partial charge on any atom is -0.245 e. The molecule has 0 saturated heterocycles. The lowest BCUT2D eigenvalue weighted by molar-refractivity contribution is 0.865. The van der Waals surface area contributed by atoms with Crippen LogP contribution in [0, 0.1) is 15.0 Å². The minimum absolute atomic E-state index is 0.356. The largest absolute Gasteiger partial charge is 0.245 e. The summed E-state index contributed by atoms with van der Waals surface area (Å²) in [4.78, 5) is 3.88. The summed E-state index contributed by atoms with van der Waals surface area (Å²) in [5, 5.41) is 13.5. The van der Waals surface area contributed by atoms with Gasteiger partial charge < -0.3 is 0 Å². The summed E-state index contributed by atoms with van der Waals surface area (Å²) in [6.45, 7) is 0. The van der Waals surface area contributed by atoms with Gasteiger partial charge in [0.2, 0.25) is 0 Å². The van der Waals surface area contributed by atoms with Gasteiger partial charge in [0, 0.05) is 12.3 Å². The van der Waals surface area contributed by atoms with Crippen molar-refractivity contribution in [3.63, 3.8) is 0 Å². The fourth-order valence-corrected chi connectivity index (χ4v) is 1.59. The van der Waals surface area contributed by atoms with Gasteiger partial charge in [-0.2, -0.15) is 10.4 Å². The van der Waals surface area contributed by atoms with Gasteiger partial charge in [0.05, 0.1) is 16.9 Å². The summed E-state index contributed by atoms with van der Waals surface area (Å²) in [7, 11) is 0. The maximum atomic E-state index is 8.70. The molecule has 2 heterocycles. The van der Waals surface area contributed by atoms with Crippen molar-refractivity contribution in [1.29, 1.82) is 5.26 Å². The molecule has 2 rings (SSSR count). The molecule has 0 amide bonds. The zero-order chi connectivity index (χ0) is 10.8. The molecule has 0 bridgehead atoms. The Morgan fingerprint density at radius 2 is 2.33 bits per heavy atom. The lowest BCUT2D eigenvalue weighted by Crippen LogP contribution is -1.96. The van der Waals surface area contributed by atoms with E-state index in [2.05, 4.69) is 10.1 Å². The molecule has 2 aromatic rings. The number of aromatic nitrogens is 3. The first-order valence-electron chi connectivity index (χ1n) is 3.98. The average molecular weight is 331 g/mol. The number of hydrogen-bond donors (Lipinski definition) is 0. The zero-order valence-corrected chi connectivity index (χ0v) is 10.3. The molecule has 0 N–H and O–H groups in total. The molecule has 0 fully saturated rings. The van der Waals surface area contributed by atoms with Crippen LogP contribution in [-0.4, -0.2) is 14.8 Å².